The molecule has 2 unspecified atom stereocenters. The van der Waals surface area contributed by atoms with E-state index >= 15 is 19.2 Å². The van der Waals surface area contributed by atoms with Crippen LogP contribution < -0.4 is 0 Å². The minimum absolute atomic E-state index is 0.00261. The van der Waals surface area contributed by atoms with Gasteiger partial charge in [-0.1, -0.05) is 271 Å². The summed E-state index contributed by atoms with van der Waals surface area (Å²) < 4.78 is 0. The highest BCUT2D eigenvalue weighted by Gasteiger charge is 2.42. The van der Waals surface area contributed by atoms with E-state index in [0.29, 0.717) is 61.0 Å². The zero-order valence-electron chi connectivity index (χ0n) is 65.3. The molecule has 0 saturated heterocycles. The van der Waals surface area contributed by atoms with Gasteiger partial charge in [0.15, 0.2) is 0 Å². The zero-order valence-corrected chi connectivity index (χ0v) is 65.3. The standard InChI is InChI=1S/C98H110N2O4/c1-17-21-23-59(19-3)57-99-91(101)81-65(37-25-61-29-41-69(42-30-61)95(5,6)7)53-77-73-49-51-75-79-55-67(39-27-63-33-45-71(46-34-63)97(11,12)13)83-90-84(94(104)100(93(83)103)58-60(20-4)24-22-18-2)68(40-28-64-35-47-72(48-36-64)98(14,15)16)56-80(88(79)90)76-52-50-74(85(73)86(75)76)78-54-66(82(92(99)102)89(81)87(77)78)38-26-62-31-43-70(44-32-62)96(8,9)10/h29-36,41-56,59-60H,17-28,37-40,57-58H2,1-16H3. The largest absolute Gasteiger partial charge is 0.274 e. The lowest BCUT2D eigenvalue weighted by Crippen LogP contribution is -2.44. The SMILES string of the molecule is CCCCC(CC)CN1C(=O)c2c(CCc3ccc(C(C)(C)C)cc3)cc3c4ccc5c6cc(CCc7ccc(C(C)(C)C)cc7)c7c8c(c(CCc9ccc(C(C)(C)C)cc9)cc(c9ccc(c%10cc(CCc%11ccc(C(C)(C)C)cc%11)c(c2c3%10)C1=O)c4c59)c86)C(=O)N(CC(CC)CCCC)C7=O. The van der Waals surface area contributed by atoms with E-state index in [-0.39, 0.29) is 57.1 Å². The van der Waals surface area contributed by atoms with Gasteiger partial charge in [-0.3, -0.25) is 29.0 Å². The van der Waals surface area contributed by atoms with E-state index in [1.165, 1.54) is 44.5 Å². The van der Waals surface area contributed by atoms with Gasteiger partial charge < -0.3 is 0 Å². The molecule has 0 aliphatic carbocycles. The smallest absolute Gasteiger partial charge is 0.261 e. The van der Waals surface area contributed by atoms with Crippen LogP contribution >= 0.6 is 0 Å². The number of imide groups is 2. The van der Waals surface area contributed by atoms with Gasteiger partial charge in [0.05, 0.1) is 22.3 Å². The number of nitrogens with zero attached hydrogens (tertiary/aromatic N) is 2. The lowest BCUT2D eigenvalue weighted by molar-refractivity contribution is 0.0563. The summed E-state index contributed by atoms with van der Waals surface area (Å²) in [5.74, 6) is -0.326. The second kappa shape index (κ2) is 28.0. The van der Waals surface area contributed by atoms with Crippen molar-refractivity contribution in [1.82, 2.24) is 9.80 Å². The Bertz CT molecular complexity index is 4660. The third-order valence-corrected chi connectivity index (χ3v) is 24.3. The van der Waals surface area contributed by atoms with Crippen LogP contribution in [-0.2, 0) is 73.0 Å². The average molecular weight is 1380 g/mol. The number of unbranched alkanes of at least 4 members (excludes halogenated alkanes) is 2. The fourth-order valence-electron chi connectivity index (χ4n) is 17.7. The van der Waals surface area contributed by atoms with Gasteiger partial charge in [0.25, 0.3) is 23.6 Å². The normalized spacial score (nSPS) is 14.6. The molecular weight excluding hydrogens is 1270 g/mol. The molecule has 0 radical (unpaired) electrons. The maximum Gasteiger partial charge on any atom is 0.261 e. The third-order valence-electron chi connectivity index (χ3n) is 24.3. The van der Waals surface area contributed by atoms with E-state index in [4.69, 9.17) is 0 Å². The molecule has 0 N–H and O–H groups in total. The fraction of sp³-hybridized carbons (Fsp3) is 0.408. The second-order valence-corrected chi connectivity index (χ2v) is 35.5. The molecule has 0 saturated carbocycles. The highest BCUT2D eigenvalue weighted by Crippen LogP contribution is 2.53. The fourth-order valence-corrected chi connectivity index (χ4v) is 17.7. The predicted octanol–water partition coefficient (Wildman–Crippen LogP) is 24.6. The van der Waals surface area contributed by atoms with Crippen LogP contribution in [-0.4, -0.2) is 46.5 Å². The highest BCUT2D eigenvalue weighted by molar-refractivity contribution is 6.46. The summed E-state index contributed by atoms with van der Waals surface area (Å²) >= 11 is 0. The zero-order chi connectivity index (χ0) is 73.6. The minimum Gasteiger partial charge on any atom is -0.274 e. The first-order valence-electron chi connectivity index (χ1n) is 39.6. The van der Waals surface area contributed by atoms with Crippen molar-refractivity contribution in [2.45, 2.75) is 235 Å². The first kappa shape index (κ1) is 72.2. The molecule has 6 heteroatoms. The van der Waals surface area contributed by atoms with Crippen molar-refractivity contribution in [3.63, 3.8) is 0 Å². The van der Waals surface area contributed by atoms with E-state index < -0.39 is 0 Å². The summed E-state index contributed by atoms with van der Waals surface area (Å²) in [7, 11) is 0. The number of amides is 4. The average Bonchev–Trinajstić information content (AvgIpc) is 0.678. The maximum absolute atomic E-state index is 16.1. The van der Waals surface area contributed by atoms with E-state index in [2.05, 4.69) is 256 Å². The molecule has 2 aliphatic heterocycles. The number of hydrogen-bond donors (Lipinski definition) is 0. The Kier molecular flexibility index (Phi) is 19.4. The van der Waals surface area contributed by atoms with Crippen LogP contribution in [0.1, 0.15) is 270 Å². The summed E-state index contributed by atoms with van der Waals surface area (Å²) in [6.07, 6.45) is 13.2. The summed E-state index contributed by atoms with van der Waals surface area (Å²) in [6, 6.07) is 54.9. The van der Waals surface area contributed by atoms with Crippen LogP contribution in [0.15, 0.2) is 146 Å². The molecule has 0 bridgehead atoms. The van der Waals surface area contributed by atoms with Crippen molar-refractivity contribution in [1.29, 1.82) is 0 Å². The monoisotopic (exact) mass is 1380 g/mol. The number of fused-ring (bicyclic) bond motifs is 4. The molecular formula is C98H110N2O4. The van der Waals surface area contributed by atoms with E-state index in [9.17, 15) is 0 Å². The van der Waals surface area contributed by atoms with Gasteiger partial charge in [-0.25, -0.2) is 0 Å². The number of aryl methyl sites for hydroxylation is 8. The number of carbonyl (C=O) groups excluding carboxylic acids is 4. The topological polar surface area (TPSA) is 74.8 Å². The summed E-state index contributed by atoms with van der Waals surface area (Å²) in [4.78, 5) is 67.9. The molecule has 2 aliphatic rings. The molecule has 14 rings (SSSR count). The molecule has 104 heavy (non-hydrogen) atoms. The number of hydrogen-bond acceptors (Lipinski definition) is 4. The molecule has 2 atom stereocenters. The van der Waals surface area contributed by atoms with Crippen LogP contribution in [0.3, 0.4) is 0 Å². The van der Waals surface area contributed by atoms with Gasteiger partial charge in [0.1, 0.15) is 0 Å². The number of carbonyl (C=O) groups is 4. The maximum atomic E-state index is 16.1. The van der Waals surface area contributed by atoms with E-state index in [1.807, 2.05) is 0 Å². The first-order chi connectivity index (χ1) is 49.6. The van der Waals surface area contributed by atoms with E-state index in [1.54, 1.807) is 9.80 Å². The van der Waals surface area contributed by atoms with Crippen molar-refractivity contribution in [3.05, 3.63) is 235 Å². The molecule has 6 nitrogen and oxygen atoms in total. The minimum atomic E-state index is -0.173. The quantitative estimate of drug-likeness (QED) is 0.0343. The van der Waals surface area contributed by atoms with Crippen LogP contribution in [0, 0.1) is 11.8 Å². The van der Waals surface area contributed by atoms with Crippen molar-refractivity contribution in [3.8, 4) is 0 Å². The van der Waals surface area contributed by atoms with Gasteiger partial charge in [0.2, 0.25) is 0 Å². The predicted molar refractivity (Wildman–Crippen MR) is 439 cm³/mol. The molecule has 0 spiro atoms. The molecule has 0 aromatic heterocycles. The summed E-state index contributed by atoms with van der Waals surface area (Å²) in [5.41, 5.74) is 16.6. The highest BCUT2D eigenvalue weighted by atomic mass is 16.2. The van der Waals surface area contributed by atoms with Gasteiger partial charge in [0, 0.05) is 23.9 Å². The van der Waals surface area contributed by atoms with Crippen molar-refractivity contribution in [2.75, 3.05) is 13.1 Å². The Hall–Kier alpha value is -8.74. The molecule has 4 amide bonds. The number of rotatable bonds is 24. The Morgan fingerprint density at radius 2 is 0.500 bits per heavy atom. The van der Waals surface area contributed by atoms with Crippen LogP contribution in [0.5, 0.6) is 0 Å². The lowest BCUT2D eigenvalue weighted by Gasteiger charge is -2.34. The van der Waals surface area contributed by atoms with Crippen molar-refractivity contribution >= 4 is 99.0 Å². The van der Waals surface area contributed by atoms with Crippen molar-refractivity contribution in [2.24, 2.45) is 11.8 Å². The molecule has 0 fully saturated rings. The Labute approximate surface area is 619 Å². The van der Waals surface area contributed by atoms with Crippen LogP contribution in [0.2, 0.25) is 0 Å². The van der Waals surface area contributed by atoms with Gasteiger partial charge in [-0.05, 0) is 253 Å². The summed E-state index contributed by atoms with van der Waals surface area (Å²) in [6.45, 7) is 36.7. The molecule has 536 valence electrons. The number of benzene rings is 12. The Morgan fingerprint density at radius 3 is 0.702 bits per heavy atom. The lowest BCUT2D eigenvalue weighted by atomic mass is 9.76. The molecule has 2 heterocycles. The molecule has 12 aromatic rings. The molecule has 12 aromatic carbocycles. The Morgan fingerprint density at radius 1 is 0.279 bits per heavy atom. The van der Waals surface area contributed by atoms with Crippen molar-refractivity contribution < 1.29 is 19.2 Å². The van der Waals surface area contributed by atoms with Gasteiger partial charge >= 0.3 is 0 Å². The van der Waals surface area contributed by atoms with Gasteiger partial charge in [-0.2, -0.15) is 0 Å². The second-order valence-electron chi connectivity index (χ2n) is 35.5. The Balaban J connectivity index is 1.05. The van der Waals surface area contributed by atoms with Crippen LogP contribution in [0.25, 0.3) is 75.4 Å². The third kappa shape index (κ3) is 13.2. The van der Waals surface area contributed by atoms with Gasteiger partial charge in [-0.15, -0.1) is 0 Å². The first-order valence-corrected chi connectivity index (χ1v) is 39.6. The van der Waals surface area contributed by atoms with Crippen LogP contribution in [0.4, 0.5) is 0 Å². The van der Waals surface area contributed by atoms with E-state index in [0.717, 1.165) is 175 Å². The summed E-state index contributed by atoms with van der Waals surface area (Å²) in [5, 5.41) is 14.4.